The minimum Gasteiger partial charge on any atom is -0.337 e. The van der Waals surface area contributed by atoms with Crippen LogP contribution in [0.3, 0.4) is 0 Å². The van der Waals surface area contributed by atoms with Crippen molar-refractivity contribution in [1.82, 2.24) is 20.2 Å². The highest BCUT2D eigenvalue weighted by atomic mass is 32.2. The van der Waals surface area contributed by atoms with E-state index in [-0.39, 0.29) is 0 Å². The second kappa shape index (κ2) is 5.12. The number of nitrogens with zero attached hydrogens (tertiary/aromatic N) is 3. The van der Waals surface area contributed by atoms with Crippen molar-refractivity contribution in [2.45, 2.75) is 4.90 Å². The first kappa shape index (κ1) is 11.8. The Morgan fingerprint density at radius 3 is 3.00 bits per heavy atom. The zero-order valence-corrected chi connectivity index (χ0v) is 10.8. The minimum absolute atomic E-state index is 0.664. The number of terminal acetylenes is 1. The second-order valence-electron chi connectivity index (χ2n) is 3.89. The maximum atomic E-state index is 5.27. The van der Waals surface area contributed by atoms with Crippen molar-refractivity contribution in [2.75, 3.05) is 5.75 Å². The molecular weight excluding hydrogens is 256 g/mol. The number of H-pyrrole nitrogens is 1. The Balaban J connectivity index is 1.99. The number of aromatic nitrogens is 4. The van der Waals surface area contributed by atoms with Crippen LogP contribution in [-0.4, -0.2) is 25.9 Å². The van der Waals surface area contributed by atoms with Crippen LogP contribution in [0.1, 0.15) is 0 Å². The molecule has 0 aliphatic rings. The third kappa shape index (κ3) is 2.44. The summed E-state index contributed by atoms with van der Waals surface area (Å²) in [6.07, 6.45) is 8.59. The van der Waals surface area contributed by atoms with E-state index in [9.17, 15) is 0 Å². The van der Waals surface area contributed by atoms with Gasteiger partial charge in [0.05, 0.1) is 23.7 Å². The van der Waals surface area contributed by atoms with Gasteiger partial charge in [0.25, 0.3) is 0 Å². The largest absolute Gasteiger partial charge is 0.337 e. The quantitative estimate of drug-likeness (QED) is 0.585. The Morgan fingerprint density at radius 1 is 1.26 bits per heavy atom. The summed E-state index contributed by atoms with van der Waals surface area (Å²) in [4.78, 5) is 8.86. The number of hydrogen-bond acceptors (Lipinski definition) is 4. The molecule has 0 fully saturated rings. The summed E-state index contributed by atoms with van der Waals surface area (Å²) >= 11 is 1.63. The van der Waals surface area contributed by atoms with E-state index in [1.807, 2.05) is 18.2 Å². The van der Waals surface area contributed by atoms with E-state index >= 15 is 0 Å². The molecule has 1 N–H and O–H groups in total. The second-order valence-corrected chi connectivity index (χ2v) is 4.94. The molecule has 92 valence electrons. The molecular formula is C14H10N4S. The summed E-state index contributed by atoms with van der Waals surface area (Å²) in [5.74, 6) is 4.10. The number of nitrogens with one attached hydrogen (secondary N) is 1. The molecule has 4 nitrogen and oxygen atoms in total. The van der Waals surface area contributed by atoms with Gasteiger partial charge in [-0.2, -0.15) is 10.2 Å². The first-order valence-corrected chi connectivity index (χ1v) is 6.68. The molecule has 0 saturated heterocycles. The van der Waals surface area contributed by atoms with E-state index in [1.165, 1.54) is 0 Å². The maximum Gasteiger partial charge on any atom is 0.138 e. The maximum absolute atomic E-state index is 5.27. The van der Waals surface area contributed by atoms with Gasteiger partial charge in [0.15, 0.2) is 0 Å². The molecule has 5 heteroatoms. The van der Waals surface area contributed by atoms with E-state index < -0.39 is 0 Å². The van der Waals surface area contributed by atoms with Gasteiger partial charge < -0.3 is 4.98 Å². The predicted molar refractivity (Wildman–Crippen MR) is 76.7 cm³/mol. The van der Waals surface area contributed by atoms with Crippen molar-refractivity contribution in [3.05, 3.63) is 36.7 Å². The fourth-order valence-corrected chi connectivity index (χ4v) is 2.41. The molecule has 0 saturated carbocycles. The van der Waals surface area contributed by atoms with E-state index in [0.29, 0.717) is 5.75 Å². The summed E-state index contributed by atoms with van der Waals surface area (Å²) in [5, 5.41) is 7.65. The first-order valence-electron chi connectivity index (χ1n) is 5.70. The lowest BCUT2D eigenvalue weighted by Gasteiger charge is -2.00. The Hall–Kier alpha value is -2.32. The summed E-state index contributed by atoms with van der Waals surface area (Å²) in [6.45, 7) is 0. The van der Waals surface area contributed by atoms with Crippen LogP contribution in [0.4, 0.5) is 0 Å². The van der Waals surface area contributed by atoms with Crippen LogP contribution in [0.5, 0.6) is 0 Å². The van der Waals surface area contributed by atoms with Gasteiger partial charge in [-0.25, -0.2) is 4.98 Å². The molecule has 3 rings (SSSR count). The lowest BCUT2D eigenvalue weighted by molar-refractivity contribution is 1.05. The van der Waals surface area contributed by atoms with Gasteiger partial charge in [-0.3, -0.25) is 0 Å². The van der Waals surface area contributed by atoms with Crippen LogP contribution in [0.2, 0.25) is 0 Å². The van der Waals surface area contributed by atoms with Crippen LogP contribution in [0.25, 0.3) is 22.4 Å². The summed E-state index contributed by atoms with van der Waals surface area (Å²) in [6, 6.07) is 8.12. The SMILES string of the molecule is C#CCSc1cccc(-c2nc3cnncc3[nH]2)c1. The average Bonchev–Trinajstić information content (AvgIpc) is 2.89. The highest BCUT2D eigenvalue weighted by molar-refractivity contribution is 7.99. The molecule has 3 aromatic rings. The number of aromatic amines is 1. The van der Waals surface area contributed by atoms with E-state index in [1.54, 1.807) is 24.2 Å². The molecule has 0 spiro atoms. The van der Waals surface area contributed by atoms with Crippen LogP contribution in [-0.2, 0) is 0 Å². The number of hydrogen-bond donors (Lipinski definition) is 1. The van der Waals surface area contributed by atoms with Crippen molar-refractivity contribution in [3.63, 3.8) is 0 Å². The van der Waals surface area contributed by atoms with Crippen LogP contribution < -0.4 is 0 Å². The van der Waals surface area contributed by atoms with Gasteiger partial charge in [-0.05, 0) is 12.1 Å². The van der Waals surface area contributed by atoms with Gasteiger partial charge in [0.1, 0.15) is 11.3 Å². The van der Waals surface area contributed by atoms with Crippen LogP contribution >= 0.6 is 11.8 Å². The Kier molecular flexibility index (Phi) is 3.17. The fourth-order valence-electron chi connectivity index (χ4n) is 1.77. The van der Waals surface area contributed by atoms with E-state index in [0.717, 1.165) is 27.3 Å². The van der Waals surface area contributed by atoms with Gasteiger partial charge in [-0.15, -0.1) is 18.2 Å². The monoisotopic (exact) mass is 266 g/mol. The molecule has 0 bridgehead atoms. The third-order valence-electron chi connectivity index (χ3n) is 2.62. The van der Waals surface area contributed by atoms with E-state index in [4.69, 9.17) is 6.42 Å². The molecule has 0 amide bonds. The molecule has 0 atom stereocenters. The third-order valence-corrected chi connectivity index (χ3v) is 3.52. The van der Waals surface area contributed by atoms with Crippen molar-refractivity contribution in [2.24, 2.45) is 0 Å². The van der Waals surface area contributed by atoms with Crippen molar-refractivity contribution in [1.29, 1.82) is 0 Å². The molecule has 0 aliphatic carbocycles. The van der Waals surface area contributed by atoms with Crippen LogP contribution in [0, 0.1) is 12.3 Å². The zero-order valence-electron chi connectivity index (χ0n) is 10.00. The summed E-state index contributed by atoms with van der Waals surface area (Å²) in [7, 11) is 0. The number of rotatable bonds is 3. The van der Waals surface area contributed by atoms with E-state index in [2.05, 4.69) is 32.2 Å². The molecule has 19 heavy (non-hydrogen) atoms. The lowest BCUT2D eigenvalue weighted by atomic mass is 10.2. The van der Waals surface area contributed by atoms with Crippen molar-refractivity contribution >= 4 is 22.8 Å². The number of thioether (sulfide) groups is 1. The molecule has 2 aromatic heterocycles. The number of imidazole rings is 1. The molecule has 1 aromatic carbocycles. The smallest absolute Gasteiger partial charge is 0.138 e. The first-order chi connectivity index (χ1) is 9.36. The fraction of sp³-hybridized carbons (Fsp3) is 0.0714. The van der Waals surface area contributed by atoms with Gasteiger partial charge >= 0.3 is 0 Å². The topological polar surface area (TPSA) is 54.5 Å². The number of benzene rings is 1. The zero-order chi connectivity index (χ0) is 13.1. The number of fused-ring (bicyclic) bond motifs is 1. The van der Waals surface area contributed by atoms with Gasteiger partial charge in [0.2, 0.25) is 0 Å². The average molecular weight is 266 g/mol. The Labute approximate surface area is 114 Å². The standard InChI is InChI=1S/C14H10N4S/c1-2-6-19-11-5-3-4-10(7-11)14-17-12-8-15-16-9-13(12)18-14/h1,3-5,7-9H,6H2,(H,17,18). The summed E-state index contributed by atoms with van der Waals surface area (Å²) in [5.41, 5.74) is 2.72. The van der Waals surface area contributed by atoms with Crippen LogP contribution in [0.15, 0.2) is 41.6 Å². The molecule has 2 heterocycles. The molecule has 0 aliphatic heterocycles. The molecule has 0 radical (unpaired) electrons. The predicted octanol–water partition coefficient (Wildman–Crippen LogP) is 2.75. The summed E-state index contributed by atoms with van der Waals surface area (Å²) < 4.78 is 0. The lowest BCUT2D eigenvalue weighted by Crippen LogP contribution is -1.81. The highest BCUT2D eigenvalue weighted by Crippen LogP contribution is 2.25. The Bertz CT molecular complexity index is 724. The minimum atomic E-state index is 0.664. The normalized spacial score (nSPS) is 10.5. The molecule has 0 unspecified atom stereocenters. The highest BCUT2D eigenvalue weighted by Gasteiger charge is 2.06. The van der Waals surface area contributed by atoms with Crippen molar-refractivity contribution < 1.29 is 0 Å². The van der Waals surface area contributed by atoms with Gasteiger partial charge in [-0.1, -0.05) is 18.1 Å². The van der Waals surface area contributed by atoms with Crippen molar-refractivity contribution in [3.8, 4) is 23.7 Å². The Morgan fingerprint density at radius 2 is 2.16 bits per heavy atom. The van der Waals surface area contributed by atoms with Gasteiger partial charge in [0, 0.05) is 10.5 Å².